The molecule has 0 heterocycles. The van der Waals surface area contributed by atoms with Crippen LogP contribution in [-0.2, 0) is 0 Å². The van der Waals surface area contributed by atoms with Crippen molar-refractivity contribution < 1.29 is 11.3 Å². The zero-order valence-corrected chi connectivity index (χ0v) is 5.66. The molecule has 0 fully saturated rings. The molecule has 1 rings (SSSR count). The second-order valence-electron chi connectivity index (χ2n) is 1.92. The number of hydrazine groups is 1. The number of aromatic carboxylic acids is 1. The molecule has 4 N–H and O–H groups in total. The van der Waals surface area contributed by atoms with Gasteiger partial charge in [0.15, 0.2) is 0 Å². The van der Waals surface area contributed by atoms with Gasteiger partial charge in [-0.05, 0) is 12.1 Å². The summed E-state index contributed by atoms with van der Waals surface area (Å²) in [6, 6.07) is 4.29. The van der Waals surface area contributed by atoms with E-state index in [2.05, 4.69) is 5.43 Å². The first kappa shape index (κ1) is 6.18. The number of hydrogen-bond donors (Lipinski definition) is 3. The van der Waals surface area contributed by atoms with Gasteiger partial charge in [-0.2, -0.15) is 0 Å². The lowest BCUT2D eigenvalue weighted by molar-refractivity contribution is 0.0698. The SMILES string of the molecule is [3H]c1ccc(NN)c(C(=O)O)c1. The lowest BCUT2D eigenvalue weighted by atomic mass is 10.2. The molecular weight excluding hydrogens is 144 g/mol. The third-order valence-corrected chi connectivity index (χ3v) is 1.25. The van der Waals surface area contributed by atoms with Crippen LogP contribution >= 0.6 is 0 Å². The minimum Gasteiger partial charge on any atom is -0.478 e. The van der Waals surface area contributed by atoms with Crippen LogP contribution in [0, 0.1) is 0 Å². The molecule has 0 bridgehead atoms. The molecule has 0 saturated carbocycles. The smallest absolute Gasteiger partial charge is 0.337 e. The molecule has 11 heavy (non-hydrogen) atoms. The lowest BCUT2D eigenvalue weighted by Gasteiger charge is -2.02. The summed E-state index contributed by atoms with van der Waals surface area (Å²) in [6.45, 7) is 0. The number of hydrogen-bond acceptors (Lipinski definition) is 3. The second kappa shape index (κ2) is 3.03. The second-order valence-corrected chi connectivity index (χ2v) is 1.92. The molecule has 0 atom stereocenters. The van der Waals surface area contributed by atoms with Crippen molar-refractivity contribution in [3.63, 3.8) is 0 Å². The Morgan fingerprint density at radius 3 is 3.00 bits per heavy atom. The van der Waals surface area contributed by atoms with E-state index in [0.29, 0.717) is 5.69 Å². The molecule has 0 aromatic heterocycles. The highest BCUT2D eigenvalue weighted by molar-refractivity contribution is 5.93. The Labute approximate surface area is 65.0 Å². The number of benzene rings is 1. The van der Waals surface area contributed by atoms with E-state index in [1.165, 1.54) is 18.2 Å². The van der Waals surface area contributed by atoms with Crippen molar-refractivity contribution in [2.75, 3.05) is 5.43 Å². The summed E-state index contributed by atoms with van der Waals surface area (Å²) < 4.78 is 7.17. The molecule has 1 aromatic carbocycles. The quantitative estimate of drug-likeness (QED) is 0.432. The summed E-state index contributed by atoms with van der Waals surface area (Å²) in [7, 11) is 0. The Hall–Kier alpha value is -1.55. The average Bonchev–Trinajstić information content (AvgIpc) is 2.04. The molecule has 58 valence electrons. The van der Waals surface area contributed by atoms with Gasteiger partial charge in [-0.1, -0.05) is 12.1 Å². The van der Waals surface area contributed by atoms with Crippen LogP contribution in [0.4, 0.5) is 5.69 Å². The molecular formula is C7H8N2O2. The van der Waals surface area contributed by atoms with Gasteiger partial charge < -0.3 is 10.5 Å². The van der Waals surface area contributed by atoms with Crippen LogP contribution in [-0.4, -0.2) is 11.1 Å². The van der Waals surface area contributed by atoms with Crippen LogP contribution in [0.3, 0.4) is 0 Å². The Balaban J connectivity index is 3.21. The zero-order chi connectivity index (χ0) is 9.14. The number of carbonyl (C=O) groups is 1. The molecule has 0 amide bonds. The Bertz CT molecular complexity index is 314. The van der Waals surface area contributed by atoms with E-state index < -0.39 is 5.97 Å². The van der Waals surface area contributed by atoms with Crippen LogP contribution < -0.4 is 11.3 Å². The predicted molar refractivity (Wildman–Crippen MR) is 41.2 cm³/mol. The van der Waals surface area contributed by atoms with E-state index >= 15 is 0 Å². The maximum absolute atomic E-state index is 10.6. The topological polar surface area (TPSA) is 75.3 Å². The molecule has 4 nitrogen and oxygen atoms in total. The summed E-state index contributed by atoms with van der Waals surface area (Å²) in [6.07, 6.45) is 0. The van der Waals surface area contributed by atoms with Gasteiger partial charge >= 0.3 is 5.97 Å². The summed E-state index contributed by atoms with van der Waals surface area (Å²) in [5.74, 6) is 3.96. The van der Waals surface area contributed by atoms with Crippen molar-refractivity contribution in [3.05, 3.63) is 29.8 Å². The normalized spacial score (nSPS) is 10.5. The van der Waals surface area contributed by atoms with Gasteiger partial charge in [-0.15, -0.1) is 0 Å². The van der Waals surface area contributed by atoms with E-state index in [1.807, 2.05) is 0 Å². The standard InChI is InChI=1S/C7H8N2O2/c8-9-6-4-2-1-3-5(6)7(10)11/h1-4,9H,8H2,(H,10,11)/i1T. The minimum atomic E-state index is -1.10. The number of nitrogens with one attached hydrogen (secondary N) is 1. The highest BCUT2D eigenvalue weighted by atomic mass is 16.4. The number of anilines is 1. The predicted octanol–water partition coefficient (Wildman–Crippen LogP) is 0.670. The Morgan fingerprint density at radius 1 is 1.73 bits per heavy atom. The van der Waals surface area contributed by atoms with Crippen LogP contribution in [0.5, 0.6) is 0 Å². The monoisotopic (exact) mass is 154 g/mol. The van der Waals surface area contributed by atoms with Gasteiger partial charge in [-0.25, -0.2) is 4.79 Å². The summed E-state index contributed by atoms with van der Waals surface area (Å²) in [5.41, 5.74) is 2.55. The highest BCUT2D eigenvalue weighted by Gasteiger charge is 2.06. The van der Waals surface area contributed by atoms with Crippen LogP contribution in [0.25, 0.3) is 0 Å². The van der Waals surface area contributed by atoms with Crippen LogP contribution in [0.2, 0.25) is 0 Å². The molecule has 0 saturated heterocycles. The third-order valence-electron chi connectivity index (χ3n) is 1.25. The van der Waals surface area contributed by atoms with Crippen LogP contribution in [0.1, 0.15) is 11.7 Å². The fraction of sp³-hybridized carbons (Fsp3) is 0. The molecule has 0 aliphatic heterocycles. The summed E-state index contributed by atoms with van der Waals surface area (Å²) >= 11 is 0. The van der Waals surface area contributed by atoms with E-state index in [-0.39, 0.29) is 11.6 Å². The number of para-hydroxylation sites is 1. The number of rotatable bonds is 2. The van der Waals surface area contributed by atoms with Gasteiger partial charge in [0.05, 0.1) is 12.6 Å². The maximum Gasteiger partial charge on any atom is 0.337 e. The molecule has 0 spiro atoms. The number of carboxylic acids is 1. The summed E-state index contributed by atoms with van der Waals surface area (Å²) in [5, 5.41) is 8.64. The van der Waals surface area contributed by atoms with Crippen molar-refractivity contribution in [2.45, 2.75) is 0 Å². The van der Waals surface area contributed by atoms with Crippen molar-refractivity contribution in [3.8, 4) is 0 Å². The van der Waals surface area contributed by atoms with Gasteiger partial charge in [0.25, 0.3) is 0 Å². The Morgan fingerprint density at radius 2 is 2.45 bits per heavy atom. The number of carboxylic acid groups (broad SMARTS) is 1. The van der Waals surface area contributed by atoms with Gasteiger partial charge in [0.2, 0.25) is 0 Å². The van der Waals surface area contributed by atoms with E-state index in [1.54, 1.807) is 0 Å². The van der Waals surface area contributed by atoms with Crippen molar-refractivity contribution in [1.82, 2.24) is 0 Å². The first-order valence-corrected chi connectivity index (χ1v) is 2.95. The first-order chi connectivity index (χ1) is 5.65. The van der Waals surface area contributed by atoms with Gasteiger partial charge in [0.1, 0.15) is 0 Å². The van der Waals surface area contributed by atoms with E-state index in [9.17, 15) is 4.79 Å². The molecule has 0 unspecified atom stereocenters. The molecule has 0 radical (unpaired) electrons. The van der Waals surface area contributed by atoms with E-state index in [0.717, 1.165) is 0 Å². The van der Waals surface area contributed by atoms with Gasteiger partial charge in [-0.3, -0.25) is 5.84 Å². The number of nitrogens with two attached hydrogens (primary N) is 1. The zero-order valence-electron chi connectivity index (χ0n) is 6.66. The third kappa shape index (κ3) is 1.47. The highest BCUT2D eigenvalue weighted by Crippen LogP contribution is 2.12. The van der Waals surface area contributed by atoms with Crippen molar-refractivity contribution in [2.24, 2.45) is 5.84 Å². The average molecular weight is 154 g/mol. The molecule has 4 heteroatoms. The maximum atomic E-state index is 10.6. The van der Waals surface area contributed by atoms with Gasteiger partial charge in [0, 0.05) is 0 Å². The molecule has 0 aliphatic carbocycles. The first-order valence-electron chi connectivity index (χ1n) is 3.45. The largest absolute Gasteiger partial charge is 0.478 e. The lowest BCUT2D eigenvalue weighted by Crippen LogP contribution is -2.11. The van der Waals surface area contributed by atoms with E-state index in [4.69, 9.17) is 12.3 Å². The molecule has 1 aromatic rings. The Kier molecular flexibility index (Phi) is 1.70. The summed E-state index contributed by atoms with van der Waals surface area (Å²) in [4.78, 5) is 10.6. The fourth-order valence-electron chi connectivity index (χ4n) is 0.733. The number of nitrogen functional groups attached to an aromatic ring is 1. The fourth-order valence-corrected chi connectivity index (χ4v) is 0.733. The van der Waals surface area contributed by atoms with Crippen molar-refractivity contribution >= 4 is 11.7 Å². The van der Waals surface area contributed by atoms with Crippen molar-refractivity contribution in [1.29, 1.82) is 0 Å². The minimum absolute atomic E-state index is 0.00463. The van der Waals surface area contributed by atoms with Crippen LogP contribution in [0.15, 0.2) is 24.2 Å². The molecule has 0 aliphatic rings.